The van der Waals surface area contributed by atoms with Crippen LogP contribution in [-0.2, 0) is 4.74 Å². The van der Waals surface area contributed by atoms with Gasteiger partial charge in [0.2, 0.25) is 0 Å². The second kappa shape index (κ2) is 2.86. The number of ether oxygens (including phenoxy) is 1. The Hall–Kier alpha value is -0.120. The summed E-state index contributed by atoms with van der Waals surface area (Å²) in [6.45, 7) is 2.44. The lowest BCUT2D eigenvalue weighted by atomic mass is 10.0. The Morgan fingerprint density at radius 2 is 2.30 bits per heavy atom. The van der Waals surface area contributed by atoms with E-state index in [1.54, 1.807) is 0 Å². The Labute approximate surface area is 60.6 Å². The molecule has 3 nitrogen and oxygen atoms in total. The fraction of sp³-hybridized carbons (Fsp3) is 1.00. The molecule has 0 aromatic rings. The monoisotopic (exact) mass is 146 g/mol. The zero-order valence-corrected chi connectivity index (χ0v) is 6.21. The molecule has 1 aliphatic rings. The average molecular weight is 146 g/mol. The summed E-state index contributed by atoms with van der Waals surface area (Å²) in [5.74, 6) is 0. The highest BCUT2D eigenvalue weighted by molar-refractivity contribution is 4.97. The zero-order chi connectivity index (χ0) is 7.61. The number of epoxide rings is 1. The lowest BCUT2D eigenvalue weighted by Crippen LogP contribution is -2.33. The Morgan fingerprint density at radius 3 is 2.60 bits per heavy atom. The summed E-state index contributed by atoms with van der Waals surface area (Å²) in [6.07, 6.45) is 1.15. The second-order valence-electron chi connectivity index (χ2n) is 2.82. The highest BCUT2D eigenvalue weighted by atomic mass is 16.6. The van der Waals surface area contributed by atoms with Gasteiger partial charge in [0.1, 0.15) is 5.60 Å². The van der Waals surface area contributed by atoms with Gasteiger partial charge in [0.25, 0.3) is 0 Å². The van der Waals surface area contributed by atoms with E-state index in [1.165, 1.54) is 0 Å². The first-order valence-corrected chi connectivity index (χ1v) is 3.68. The van der Waals surface area contributed by atoms with E-state index >= 15 is 0 Å². The summed E-state index contributed by atoms with van der Waals surface area (Å²) in [4.78, 5) is 0. The fourth-order valence-corrected chi connectivity index (χ4v) is 1.02. The van der Waals surface area contributed by atoms with Gasteiger partial charge < -0.3 is 14.9 Å². The van der Waals surface area contributed by atoms with E-state index in [1.807, 2.05) is 6.92 Å². The maximum Gasteiger partial charge on any atom is 0.140 e. The Bertz CT molecular complexity index is 109. The summed E-state index contributed by atoms with van der Waals surface area (Å²) < 4.78 is 4.96. The van der Waals surface area contributed by atoms with Crippen LogP contribution in [0.3, 0.4) is 0 Å². The summed E-state index contributed by atoms with van der Waals surface area (Å²) >= 11 is 0. The van der Waals surface area contributed by atoms with Crippen molar-refractivity contribution >= 4 is 0 Å². The lowest BCUT2D eigenvalue weighted by Gasteiger charge is -2.14. The molecular weight excluding hydrogens is 132 g/mol. The van der Waals surface area contributed by atoms with Gasteiger partial charge in [-0.2, -0.15) is 0 Å². The Kier molecular flexibility index (Phi) is 2.28. The molecule has 0 aliphatic carbocycles. The first-order valence-electron chi connectivity index (χ1n) is 3.68. The van der Waals surface area contributed by atoms with Gasteiger partial charge in [0.15, 0.2) is 0 Å². The van der Waals surface area contributed by atoms with Gasteiger partial charge in [-0.05, 0) is 6.42 Å². The van der Waals surface area contributed by atoms with Gasteiger partial charge in [-0.15, -0.1) is 0 Å². The van der Waals surface area contributed by atoms with E-state index < -0.39 is 11.7 Å². The van der Waals surface area contributed by atoms with Crippen LogP contribution in [-0.4, -0.2) is 35.1 Å². The van der Waals surface area contributed by atoms with Crippen LogP contribution in [0.15, 0.2) is 0 Å². The molecule has 10 heavy (non-hydrogen) atoms. The van der Waals surface area contributed by atoms with Gasteiger partial charge in [-0.1, -0.05) is 13.3 Å². The highest BCUT2D eigenvalue weighted by Crippen LogP contribution is 2.32. The van der Waals surface area contributed by atoms with Crippen LogP contribution in [0.4, 0.5) is 0 Å². The maximum atomic E-state index is 9.35. The number of hydrogen-bond donors (Lipinski definition) is 2. The van der Waals surface area contributed by atoms with Gasteiger partial charge in [0, 0.05) is 0 Å². The van der Waals surface area contributed by atoms with E-state index in [4.69, 9.17) is 9.84 Å². The molecule has 0 amide bonds. The fourth-order valence-electron chi connectivity index (χ4n) is 1.02. The minimum absolute atomic E-state index is 0.0613. The summed E-state index contributed by atoms with van der Waals surface area (Å²) in [6, 6.07) is 0. The largest absolute Gasteiger partial charge is 0.393 e. The Balaban J connectivity index is 2.32. The van der Waals surface area contributed by atoms with Crippen LogP contribution in [0, 0.1) is 0 Å². The smallest absolute Gasteiger partial charge is 0.140 e. The van der Waals surface area contributed by atoms with Crippen molar-refractivity contribution in [2.24, 2.45) is 0 Å². The molecule has 1 rings (SSSR count). The maximum absolute atomic E-state index is 9.35. The van der Waals surface area contributed by atoms with Crippen LogP contribution in [0.5, 0.6) is 0 Å². The van der Waals surface area contributed by atoms with Crippen LogP contribution in [0.2, 0.25) is 0 Å². The second-order valence-corrected chi connectivity index (χ2v) is 2.82. The SMILES string of the molecule is CCCC(O)[C@@]1(CO)CO1. The predicted molar refractivity (Wildman–Crippen MR) is 36.7 cm³/mol. The quantitative estimate of drug-likeness (QED) is 0.545. The molecule has 0 aromatic heterocycles. The first-order chi connectivity index (χ1) is 4.75. The summed E-state index contributed by atoms with van der Waals surface area (Å²) in [5.41, 5.74) is -0.587. The standard InChI is InChI=1S/C7H14O3/c1-2-3-6(9)7(4-8)5-10-7/h6,8-9H,2-5H2,1H3/t6?,7-/m1/s1. The van der Waals surface area contributed by atoms with Gasteiger partial charge in [0.05, 0.1) is 19.3 Å². The van der Waals surface area contributed by atoms with E-state index in [0.29, 0.717) is 13.0 Å². The third-order valence-corrected chi connectivity index (χ3v) is 1.95. The number of aliphatic hydroxyl groups excluding tert-OH is 2. The lowest BCUT2D eigenvalue weighted by molar-refractivity contribution is 0.0313. The highest BCUT2D eigenvalue weighted by Gasteiger charge is 2.50. The van der Waals surface area contributed by atoms with Crippen molar-refractivity contribution in [3.05, 3.63) is 0 Å². The summed E-state index contributed by atoms with van der Waals surface area (Å²) in [5, 5.41) is 18.1. The van der Waals surface area contributed by atoms with E-state index in [0.717, 1.165) is 6.42 Å². The van der Waals surface area contributed by atoms with Crippen LogP contribution in [0.25, 0.3) is 0 Å². The normalized spacial score (nSPS) is 33.9. The molecule has 0 radical (unpaired) electrons. The third kappa shape index (κ3) is 1.31. The average Bonchev–Trinajstić information content (AvgIpc) is 2.68. The third-order valence-electron chi connectivity index (χ3n) is 1.95. The molecule has 3 heteroatoms. The van der Waals surface area contributed by atoms with Gasteiger partial charge in [-0.25, -0.2) is 0 Å². The van der Waals surface area contributed by atoms with Crippen molar-refractivity contribution in [1.29, 1.82) is 0 Å². The molecule has 0 bridgehead atoms. The molecule has 0 spiro atoms. The van der Waals surface area contributed by atoms with Crippen LogP contribution in [0.1, 0.15) is 19.8 Å². The van der Waals surface area contributed by atoms with Crippen LogP contribution >= 0.6 is 0 Å². The van der Waals surface area contributed by atoms with Crippen molar-refractivity contribution in [1.82, 2.24) is 0 Å². The molecule has 1 aliphatic heterocycles. The van der Waals surface area contributed by atoms with E-state index in [-0.39, 0.29) is 6.61 Å². The van der Waals surface area contributed by atoms with Crippen LogP contribution < -0.4 is 0 Å². The predicted octanol–water partition coefficient (Wildman–Crippen LogP) is -0.0913. The van der Waals surface area contributed by atoms with Gasteiger partial charge >= 0.3 is 0 Å². The van der Waals surface area contributed by atoms with Crippen molar-refractivity contribution in [2.45, 2.75) is 31.5 Å². The number of aliphatic hydroxyl groups is 2. The number of hydrogen-bond acceptors (Lipinski definition) is 3. The molecule has 1 heterocycles. The summed E-state index contributed by atoms with van der Waals surface area (Å²) in [7, 11) is 0. The van der Waals surface area contributed by atoms with Crippen molar-refractivity contribution in [3.63, 3.8) is 0 Å². The topological polar surface area (TPSA) is 53.0 Å². The molecule has 1 saturated heterocycles. The zero-order valence-electron chi connectivity index (χ0n) is 6.21. The first kappa shape index (κ1) is 7.98. The minimum Gasteiger partial charge on any atom is -0.393 e. The molecule has 60 valence electrons. The molecule has 2 atom stereocenters. The molecule has 1 unspecified atom stereocenters. The molecule has 0 saturated carbocycles. The molecule has 2 N–H and O–H groups in total. The molecule has 1 fully saturated rings. The van der Waals surface area contributed by atoms with E-state index in [9.17, 15) is 5.11 Å². The minimum atomic E-state index is -0.587. The number of rotatable bonds is 4. The Morgan fingerprint density at radius 1 is 1.70 bits per heavy atom. The molecule has 0 aromatic carbocycles. The van der Waals surface area contributed by atoms with Crippen molar-refractivity contribution < 1.29 is 14.9 Å². The molecular formula is C7H14O3. The van der Waals surface area contributed by atoms with E-state index in [2.05, 4.69) is 0 Å². The van der Waals surface area contributed by atoms with Crippen molar-refractivity contribution in [3.8, 4) is 0 Å². The van der Waals surface area contributed by atoms with Gasteiger partial charge in [-0.3, -0.25) is 0 Å². The van der Waals surface area contributed by atoms with Crippen molar-refractivity contribution in [2.75, 3.05) is 13.2 Å².